The van der Waals surface area contributed by atoms with Gasteiger partial charge in [0.05, 0.1) is 0 Å². The summed E-state index contributed by atoms with van der Waals surface area (Å²) in [5, 5.41) is 0. The van der Waals surface area contributed by atoms with Crippen molar-refractivity contribution in [2.75, 3.05) is 31.6 Å². The normalized spacial score (nSPS) is 23.6. The van der Waals surface area contributed by atoms with Crippen LogP contribution in [0.15, 0.2) is 24.3 Å². The molecule has 3 nitrogen and oxygen atoms in total. The average Bonchev–Trinajstić information content (AvgIpc) is 2.26. The first-order chi connectivity index (χ1) is 8.94. The summed E-state index contributed by atoms with van der Waals surface area (Å²) in [6.45, 7) is 9.74. The average molecular weight is 261 g/mol. The van der Waals surface area contributed by atoms with E-state index < -0.39 is 0 Å². The van der Waals surface area contributed by atoms with Gasteiger partial charge in [-0.15, -0.1) is 0 Å². The maximum atomic E-state index is 5.82. The van der Waals surface area contributed by atoms with E-state index in [1.54, 1.807) is 0 Å². The lowest BCUT2D eigenvalue weighted by molar-refractivity contribution is 0.176. The van der Waals surface area contributed by atoms with E-state index in [1.807, 2.05) is 0 Å². The molecule has 2 N–H and O–H groups in total. The van der Waals surface area contributed by atoms with Crippen LogP contribution in [0.5, 0.6) is 0 Å². The molecule has 19 heavy (non-hydrogen) atoms. The molecule has 0 saturated carbocycles. The van der Waals surface area contributed by atoms with Crippen LogP contribution in [0.3, 0.4) is 0 Å². The Morgan fingerprint density at radius 2 is 2.11 bits per heavy atom. The molecule has 1 aliphatic heterocycles. The molecule has 1 atom stereocenters. The summed E-state index contributed by atoms with van der Waals surface area (Å²) in [4.78, 5) is 5.00. The van der Waals surface area contributed by atoms with Gasteiger partial charge in [0.25, 0.3) is 0 Å². The molecule has 0 aliphatic carbocycles. The van der Waals surface area contributed by atoms with Gasteiger partial charge in [0, 0.05) is 30.4 Å². The predicted molar refractivity (Wildman–Crippen MR) is 82.7 cm³/mol. The molecule has 0 radical (unpaired) electrons. The molecular weight excluding hydrogens is 234 g/mol. The number of rotatable bonds is 3. The third-order valence-corrected chi connectivity index (χ3v) is 3.98. The monoisotopic (exact) mass is 261 g/mol. The molecule has 0 spiro atoms. The summed E-state index contributed by atoms with van der Waals surface area (Å²) in [6.07, 6.45) is 1.04. The van der Waals surface area contributed by atoms with Gasteiger partial charge in [0.1, 0.15) is 0 Å². The Balaban J connectivity index is 2.36. The lowest BCUT2D eigenvalue weighted by Gasteiger charge is -2.52. The highest BCUT2D eigenvalue weighted by molar-refractivity contribution is 5.52. The molecule has 1 unspecified atom stereocenters. The van der Waals surface area contributed by atoms with Crippen LogP contribution in [-0.2, 0) is 0 Å². The zero-order chi connectivity index (χ0) is 14.0. The molecule has 0 amide bonds. The number of benzene rings is 1. The van der Waals surface area contributed by atoms with Gasteiger partial charge >= 0.3 is 0 Å². The second-order valence-electron chi connectivity index (χ2n) is 6.45. The second-order valence-corrected chi connectivity index (χ2v) is 6.45. The van der Waals surface area contributed by atoms with Crippen LogP contribution in [0.4, 0.5) is 5.69 Å². The maximum absolute atomic E-state index is 5.82. The van der Waals surface area contributed by atoms with Gasteiger partial charge in [0.15, 0.2) is 0 Å². The van der Waals surface area contributed by atoms with Crippen molar-refractivity contribution in [3.05, 3.63) is 29.8 Å². The number of anilines is 1. The van der Waals surface area contributed by atoms with Gasteiger partial charge in [-0.3, -0.25) is 0 Å². The van der Waals surface area contributed by atoms with Gasteiger partial charge in [-0.25, -0.2) is 0 Å². The van der Waals surface area contributed by atoms with Crippen LogP contribution in [0.1, 0.15) is 25.8 Å². The van der Waals surface area contributed by atoms with E-state index in [2.05, 4.69) is 61.9 Å². The molecule has 106 valence electrons. The summed E-state index contributed by atoms with van der Waals surface area (Å²) < 4.78 is 0. The summed E-state index contributed by atoms with van der Waals surface area (Å²) in [5.41, 5.74) is 8.61. The third kappa shape index (κ3) is 3.10. The van der Waals surface area contributed by atoms with Crippen LogP contribution in [0, 0.1) is 6.92 Å². The van der Waals surface area contributed by atoms with Gasteiger partial charge in [0.2, 0.25) is 0 Å². The van der Waals surface area contributed by atoms with E-state index in [9.17, 15) is 0 Å². The number of nitrogens with two attached hydrogens (primary N) is 1. The smallest absolute Gasteiger partial charge is 0.0476 e. The summed E-state index contributed by atoms with van der Waals surface area (Å²) >= 11 is 0. The Labute approximate surface area is 117 Å². The minimum atomic E-state index is 0.140. The molecular formula is C16H27N3. The van der Waals surface area contributed by atoms with E-state index in [0.29, 0.717) is 6.04 Å². The predicted octanol–water partition coefficient (Wildman–Crippen LogP) is 2.24. The van der Waals surface area contributed by atoms with Crippen LogP contribution < -0.4 is 10.6 Å². The fourth-order valence-corrected chi connectivity index (χ4v) is 3.49. The van der Waals surface area contributed by atoms with Crippen molar-refractivity contribution in [1.82, 2.24) is 4.90 Å². The van der Waals surface area contributed by atoms with Crippen molar-refractivity contribution in [1.29, 1.82) is 0 Å². The number of likely N-dealkylation sites (N-methyl/N-ethyl adjacent to an activating group) is 1. The van der Waals surface area contributed by atoms with Crippen molar-refractivity contribution in [3.8, 4) is 0 Å². The molecule has 0 aromatic heterocycles. The summed E-state index contributed by atoms with van der Waals surface area (Å²) in [7, 11) is 2.21. The zero-order valence-corrected chi connectivity index (χ0v) is 12.7. The lowest BCUT2D eigenvalue weighted by Crippen LogP contribution is -2.63. The number of hydrogen-bond acceptors (Lipinski definition) is 3. The highest BCUT2D eigenvalue weighted by atomic mass is 15.3. The molecule has 2 rings (SSSR count). The van der Waals surface area contributed by atoms with Crippen molar-refractivity contribution >= 4 is 5.69 Å². The largest absolute Gasteiger partial charge is 0.361 e. The molecule has 1 saturated heterocycles. The Morgan fingerprint density at radius 3 is 2.74 bits per heavy atom. The highest BCUT2D eigenvalue weighted by Crippen LogP contribution is 2.32. The minimum Gasteiger partial charge on any atom is -0.361 e. The van der Waals surface area contributed by atoms with Crippen LogP contribution in [0.25, 0.3) is 0 Å². The first kappa shape index (κ1) is 14.4. The third-order valence-electron chi connectivity index (χ3n) is 3.98. The molecule has 1 fully saturated rings. The van der Waals surface area contributed by atoms with E-state index in [-0.39, 0.29) is 5.54 Å². The van der Waals surface area contributed by atoms with Gasteiger partial charge in [-0.2, -0.15) is 0 Å². The van der Waals surface area contributed by atoms with Crippen LogP contribution >= 0.6 is 0 Å². The zero-order valence-electron chi connectivity index (χ0n) is 12.7. The highest BCUT2D eigenvalue weighted by Gasteiger charge is 2.38. The molecule has 1 aromatic rings. The standard InChI is InChI=1S/C16H27N3/c1-13-6-5-7-14(10-13)19-15(8-9-17)11-18(4)12-16(19,2)3/h5-7,10,15H,8-9,11-12,17H2,1-4H3. The Hall–Kier alpha value is -1.06. The van der Waals surface area contributed by atoms with E-state index >= 15 is 0 Å². The Kier molecular flexibility index (Phi) is 4.16. The molecule has 1 aliphatic rings. The molecule has 1 heterocycles. The summed E-state index contributed by atoms with van der Waals surface area (Å²) in [5.74, 6) is 0. The first-order valence-electron chi connectivity index (χ1n) is 7.18. The Bertz CT molecular complexity index is 428. The SMILES string of the molecule is Cc1cccc(N2C(CCN)CN(C)CC2(C)C)c1. The van der Waals surface area contributed by atoms with Gasteiger partial charge < -0.3 is 15.5 Å². The van der Waals surface area contributed by atoms with Gasteiger partial charge in [-0.1, -0.05) is 12.1 Å². The fourth-order valence-electron chi connectivity index (χ4n) is 3.49. The fraction of sp³-hybridized carbons (Fsp3) is 0.625. The number of nitrogens with zero attached hydrogens (tertiary/aromatic N) is 2. The van der Waals surface area contributed by atoms with Crippen molar-refractivity contribution in [2.24, 2.45) is 5.73 Å². The van der Waals surface area contributed by atoms with Crippen molar-refractivity contribution in [3.63, 3.8) is 0 Å². The lowest BCUT2D eigenvalue weighted by atomic mass is 9.92. The second kappa shape index (κ2) is 5.51. The van der Waals surface area contributed by atoms with Crippen LogP contribution in [0.2, 0.25) is 0 Å². The summed E-state index contributed by atoms with van der Waals surface area (Å²) in [6, 6.07) is 9.32. The maximum Gasteiger partial charge on any atom is 0.0476 e. The number of piperazine rings is 1. The van der Waals surface area contributed by atoms with E-state index in [1.165, 1.54) is 11.3 Å². The quantitative estimate of drug-likeness (QED) is 0.906. The van der Waals surface area contributed by atoms with E-state index in [0.717, 1.165) is 26.1 Å². The first-order valence-corrected chi connectivity index (χ1v) is 7.18. The molecule has 1 aromatic carbocycles. The van der Waals surface area contributed by atoms with E-state index in [4.69, 9.17) is 5.73 Å². The Morgan fingerprint density at radius 1 is 1.37 bits per heavy atom. The van der Waals surface area contributed by atoms with Crippen molar-refractivity contribution < 1.29 is 0 Å². The molecule has 0 bridgehead atoms. The van der Waals surface area contributed by atoms with Crippen LogP contribution in [-0.4, -0.2) is 43.2 Å². The van der Waals surface area contributed by atoms with Gasteiger partial charge in [-0.05, 0) is 58.5 Å². The number of aryl methyl sites for hydroxylation is 1. The topological polar surface area (TPSA) is 32.5 Å². The molecule has 3 heteroatoms. The minimum absolute atomic E-state index is 0.140. The number of hydrogen-bond donors (Lipinski definition) is 1. The van der Waals surface area contributed by atoms with Crippen molar-refractivity contribution in [2.45, 2.75) is 38.8 Å².